The number of carbonyl (C=O) groups excluding carboxylic acids is 1. The van der Waals surface area contributed by atoms with E-state index in [9.17, 15) is 18.0 Å². The standard InChI is InChI=1S/C14H16F3N3O3/c1-8(21)4-5-18-11-3-2-9(6-10(11)14(15,16)17)12-7-23-13(22)20-19-12/h2-3,6,8,18,21H,4-5,7H2,1H3,(H,20,22). The maximum Gasteiger partial charge on any atom is 0.428 e. The van der Waals surface area contributed by atoms with Crippen LogP contribution in [0.5, 0.6) is 0 Å². The van der Waals surface area contributed by atoms with Crippen LogP contribution in [-0.4, -0.2) is 36.2 Å². The molecule has 9 heteroatoms. The molecular formula is C14H16F3N3O3. The van der Waals surface area contributed by atoms with E-state index in [-0.39, 0.29) is 30.1 Å². The van der Waals surface area contributed by atoms with Gasteiger partial charge in [0.2, 0.25) is 0 Å². The number of rotatable bonds is 5. The van der Waals surface area contributed by atoms with Gasteiger partial charge in [-0.1, -0.05) is 6.07 Å². The molecule has 1 amide bonds. The number of hydrogen-bond donors (Lipinski definition) is 3. The lowest BCUT2D eigenvalue weighted by Gasteiger charge is -2.18. The molecule has 1 unspecified atom stereocenters. The largest absolute Gasteiger partial charge is 0.442 e. The monoisotopic (exact) mass is 331 g/mol. The van der Waals surface area contributed by atoms with Crippen LogP contribution in [0.2, 0.25) is 0 Å². The minimum absolute atomic E-state index is 0.0803. The van der Waals surface area contributed by atoms with Gasteiger partial charge >= 0.3 is 12.3 Å². The molecule has 1 heterocycles. The summed E-state index contributed by atoms with van der Waals surface area (Å²) in [6.45, 7) is 1.57. The van der Waals surface area contributed by atoms with Gasteiger partial charge in [-0.25, -0.2) is 10.2 Å². The Morgan fingerprint density at radius 1 is 1.48 bits per heavy atom. The summed E-state index contributed by atoms with van der Waals surface area (Å²) in [5.74, 6) is 0. The number of carbonyl (C=O) groups is 1. The van der Waals surface area contributed by atoms with Gasteiger partial charge in [-0.3, -0.25) is 0 Å². The van der Waals surface area contributed by atoms with Gasteiger partial charge < -0.3 is 15.2 Å². The second kappa shape index (κ2) is 6.86. The first-order valence-electron chi connectivity index (χ1n) is 6.90. The van der Waals surface area contributed by atoms with Crippen LogP contribution in [0.25, 0.3) is 0 Å². The maximum atomic E-state index is 13.2. The van der Waals surface area contributed by atoms with Crippen LogP contribution >= 0.6 is 0 Å². The Morgan fingerprint density at radius 2 is 2.22 bits per heavy atom. The molecule has 1 aliphatic heterocycles. The van der Waals surface area contributed by atoms with Crippen LogP contribution in [0.1, 0.15) is 24.5 Å². The molecular weight excluding hydrogens is 315 g/mol. The number of hydrogen-bond acceptors (Lipinski definition) is 5. The molecule has 0 spiro atoms. The zero-order valence-electron chi connectivity index (χ0n) is 12.3. The van der Waals surface area contributed by atoms with E-state index in [1.54, 1.807) is 6.92 Å². The number of hydrazone groups is 1. The molecule has 0 saturated heterocycles. The molecule has 0 aromatic heterocycles. The summed E-state index contributed by atoms with van der Waals surface area (Å²) in [6, 6.07) is 3.70. The number of alkyl halides is 3. The summed E-state index contributed by atoms with van der Waals surface area (Å²) in [5, 5.41) is 15.5. The Hall–Kier alpha value is -2.29. The first-order valence-corrected chi connectivity index (χ1v) is 6.90. The van der Waals surface area contributed by atoms with Gasteiger partial charge in [0.15, 0.2) is 0 Å². The van der Waals surface area contributed by atoms with Crippen molar-refractivity contribution >= 4 is 17.5 Å². The molecule has 23 heavy (non-hydrogen) atoms. The van der Waals surface area contributed by atoms with Gasteiger partial charge in [-0.15, -0.1) is 0 Å². The molecule has 0 aliphatic carbocycles. The molecule has 2 rings (SSSR count). The van der Waals surface area contributed by atoms with Gasteiger partial charge in [-0.05, 0) is 25.5 Å². The highest BCUT2D eigenvalue weighted by Crippen LogP contribution is 2.35. The van der Waals surface area contributed by atoms with Crippen molar-refractivity contribution in [3.8, 4) is 0 Å². The SMILES string of the molecule is CC(O)CCNc1ccc(C2=NNC(=O)OC2)cc1C(F)(F)F. The number of nitrogens with zero attached hydrogens (tertiary/aromatic N) is 1. The third-order valence-electron chi connectivity index (χ3n) is 3.16. The third-order valence-corrected chi connectivity index (χ3v) is 3.16. The van der Waals surface area contributed by atoms with E-state index in [2.05, 4.69) is 20.6 Å². The average molecular weight is 331 g/mol. The Balaban J connectivity index is 2.26. The summed E-state index contributed by atoms with van der Waals surface area (Å²) in [6.07, 6.45) is -5.58. The number of benzene rings is 1. The van der Waals surface area contributed by atoms with E-state index in [0.717, 1.165) is 6.07 Å². The number of halogens is 3. The smallest absolute Gasteiger partial charge is 0.428 e. The predicted molar refractivity (Wildman–Crippen MR) is 77.3 cm³/mol. The highest BCUT2D eigenvalue weighted by Gasteiger charge is 2.34. The molecule has 126 valence electrons. The lowest BCUT2D eigenvalue weighted by Crippen LogP contribution is -2.30. The van der Waals surface area contributed by atoms with Gasteiger partial charge in [0.1, 0.15) is 12.3 Å². The van der Waals surface area contributed by atoms with Crippen molar-refractivity contribution in [1.82, 2.24) is 5.43 Å². The summed E-state index contributed by atoms with van der Waals surface area (Å²) < 4.78 is 44.3. The number of amides is 1. The molecule has 0 saturated carbocycles. The average Bonchev–Trinajstić information content (AvgIpc) is 2.47. The maximum absolute atomic E-state index is 13.2. The van der Waals surface area contributed by atoms with Crippen molar-refractivity contribution in [3.05, 3.63) is 29.3 Å². The Kier molecular flexibility index (Phi) is 5.09. The van der Waals surface area contributed by atoms with Crippen LogP contribution in [0.3, 0.4) is 0 Å². The lowest BCUT2D eigenvalue weighted by atomic mass is 10.0. The fourth-order valence-electron chi connectivity index (χ4n) is 1.99. The summed E-state index contributed by atoms with van der Waals surface area (Å²) in [7, 11) is 0. The van der Waals surface area contributed by atoms with Crippen molar-refractivity contribution in [2.45, 2.75) is 25.6 Å². The number of ether oxygens (including phenoxy) is 1. The van der Waals surface area contributed by atoms with Crippen molar-refractivity contribution in [3.63, 3.8) is 0 Å². The Morgan fingerprint density at radius 3 is 2.78 bits per heavy atom. The molecule has 3 N–H and O–H groups in total. The molecule has 1 aliphatic rings. The predicted octanol–water partition coefficient (Wildman–Crippen LogP) is 2.33. The van der Waals surface area contributed by atoms with Crippen LogP contribution in [-0.2, 0) is 10.9 Å². The van der Waals surface area contributed by atoms with Gasteiger partial charge in [0.05, 0.1) is 11.7 Å². The number of aliphatic hydroxyl groups is 1. The third kappa shape index (κ3) is 4.59. The van der Waals surface area contributed by atoms with Crippen LogP contribution in [0.4, 0.5) is 23.7 Å². The van der Waals surface area contributed by atoms with E-state index in [0.29, 0.717) is 6.42 Å². The minimum Gasteiger partial charge on any atom is -0.442 e. The zero-order valence-corrected chi connectivity index (χ0v) is 12.3. The van der Waals surface area contributed by atoms with Crippen molar-refractivity contribution in [1.29, 1.82) is 0 Å². The Labute approximate surface area is 130 Å². The number of aliphatic hydroxyl groups excluding tert-OH is 1. The second-order valence-electron chi connectivity index (χ2n) is 5.07. The summed E-state index contributed by atoms with van der Waals surface area (Å²) in [5.41, 5.74) is 1.53. The molecule has 0 radical (unpaired) electrons. The van der Waals surface area contributed by atoms with Crippen molar-refractivity contribution in [2.75, 3.05) is 18.5 Å². The van der Waals surface area contributed by atoms with E-state index < -0.39 is 23.9 Å². The van der Waals surface area contributed by atoms with E-state index >= 15 is 0 Å². The van der Waals surface area contributed by atoms with Crippen LogP contribution in [0.15, 0.2) is 23.3 Å². The van der Waals surface area contributed by atoms with E-state index in [4.69, 9.17) is 5.11 Å². The van der Waals surface area contributed by atoms with Gasteiger partial charge in [-0.2, -0.15) is 18.3 Å². The summed E-state index contributed by atoms with van der Waals surface area (Å²) in [4.78, 5) is 10.8. The molecule has 0 fully saturated rings. The highest BCUT2D eigenvalue weighted by atomic mass is 19.4. The topological polar surface area (TPSA) is 83.0 Å². The first kappa shape index (κ1) is 17.1. The number of cyclic esters (lactones) is 1. The lowest BCUT2D eigenvalue weighted by molar-refractivity contribution is -0.137. The molecule has 1 aromatic carbocycles. The fraction of sp³-hybridized carbons (Fsp3) is 0.429. The summed E-state index contributed by atoms with van der Waals surface area (Å²) >= 11 is 0. The molecule has 1 aromatic rings. The Bertz CT molecular complexity index is 615. The highest BCUT2D eigenvalue weighted by molar-refractivity contribution is 6.04. The van der Waals surface area contributed by atoms with Crippen LogP contribution < -0.4 is 10.7 Å². The molecule has 1 atom stereocenters. The number of anilines is 1. The molecule has 6 nitrogen and oxygen atoms in total. The van der Waals surface area contributed by atoms with Gasteiger partial charge in [0, 0.05) is 17.8 Å². The zero-order chi connectivity index (χ0) is 17.0. The minimum atomic E-state index is -4.55. The quantitative estimate of drug-likeness (QED) is 0.773. The van der Waals surface area contributed by atoms with E-state index in [1.807, 2.05) is 0 Å². The second-order valence-corrected chi connectivity index (χ2v) is 5.07. The fourth-order valence-corrected chi connectivity index (χ4v) is 1.99. The van der Waals surface area contributed by atoms with Crippen molar-refractivity contribution < 1.29 is 27.8 Å². The van der Waals surface area contributed by atoms with E-state index in [1.165, 1.54) is 12.1 Å². The van der Waals surface area contributed by atoms with Gasteiger partial charge in [0.25, 0.3) is 0 Å². The normalized spacial score (nSPS) is 16.2. The van der Waals surface area contributed by atoms with Crippen LogP contribution in [0, 0.1) is 0 Å². The number of nitrogens with one attached hydrogen (secondary N) is 2. The van der Waals surface area contributed by atoms with Crippen molar-refractivity contribution in [2.24, 2.45) is 5.10 Å². The first-order chi connectivity index (χ1) is 10.8. The molecule has 0 bridgehead atoms.